The van der Waals surface area contributed by atoms with Crippen molar-refractivity contribution in [1.82, 2.24) is 24.5 Å². The Hall–Kier alpha value is -2.53. The van der Waals surface area contributed by atoms with Gasteiger partial charge in [0.15, 0.2) is 6.61 Å². The van der Waals surface area contributed by atoms with E-state index in [9.17, 15) is 22.0 Å². The molecule has 2 aromatic rings. The van der Waals surface area contributed by atoms with E-state index in [0.29, 0.717) is 0 Å². The molecule has 0 aliphatic rings. The molecule has 0 fully saturated rings. The molecule has 0 bridgehead atoms. The maximum absolute atomic E-state index is 12.7. The van der Waals surface area contributed by atoms with E-state index in [0.717, 1.165) is 0 Å². The van der Waals surface area contributed by atoms with E-state index < -0.39 is 30.7 Å². The molecule has 0 atom stereocenters. The first-order valence-corrected chi connectivity index (χ1v) is 5.26. The number of hydrogen-bond donors (Lipinski definition) is 1. The van der Waals surface area contributed by atoms with Gasteiger partial charge in [-0.25, -0.2) is 4.98 Å². The van der Waals surface area contributed by atoms with Crippen molar-refractivity contribution in [1.29, 1.82) is 0 Å². The highest BCUT2D eigenvalue weighted by atomic mass is 19.4. The highest BCUT2D eigenvalue weighted by molar-refractivity contribution is 5.25. The molecule has 0 saturated heterocycles. The lowest BCUT2D eigenvalue weighted by Gasteiger charge is -2.19. The third-order valence-corrected chi connectivity index (χ3v) is 2.15. The van der Waals surface area contributed by atoms with Gasteiger partial charge in [-0.3, -0.25) is 4.57 Å². The molecule has 2 aromatic heterocycles. The zero-order chi connectivity index (χ0) is 15.7. The number of aromatic nitrogens is 5. The van der Waals surface area contributed by atoms with Gasteiger partial charge in [0.05, 0.1) is 0 Å². The molecule has 114 valence electrons. The van der Waals surface area contributed by atoms with Crippen molar-refractivity contribution in [3.63, 3.8) is 0 Å². The van der Waals surface area contributed by atoms with Gasteiger partial charge in [0.2, 0.25) is 11.9 Å². The van der Waals surface area contributed by atoms with Gasteiger partial charge >= 0.3 is 18.1 Å². The summed E-state index contributed by atoms with van der Waals surface area (Å²) in [5.41, 5.74) is 5.30. The Kier molecular flexibility index (Phi) is 3.61. The highest BCUT2D eigenvalue weighted by Crippen LogP contribution is 2.35. The summed E-state index contributed by atoms with van der Waals surface area (Å²) in [5.74, 6) is -5.58. The third-order valence-electron chi connectivity index (χ3n) is 2.15. The normalized spacial score (nSPS) is 12.4. The second-order valence-electron chi connectivity index (χ2n) is 3.74. The Morgan fingerprint density at radius 3 is 2.43 bits per heavy atom. The number of rotatable bonds is 4. The van der Waals surface area contributed by atoms with Crippen molar-refractivity contribution in [2.75, 3.05) is 12.3 Å². The summed E-state index contributed by atoms with van der Waals surface area (Å²) >= 11 is 0. The molecule has 21 heavy (non-hydrogen) atoms. The number of nitrogen functional groups attached to an aromatic ring is 1. The van der Waals surface area contributed by atoms with Crippen LogP contribution in [-0.4, -0.2) is 43.2 Å². The Morgan fingerprint density at radius 2 is 1.86 bits per heavy atom. The SMILES string of the molecule is Nc1nc(OCC(F)(F)C(F)(F)F)nc(-n2ccnc2)n1. The molecular formula is C9H7F5N6O. The van der Waals surface area contributed by atoms with Gasteiger partial charge in [0.25, 0.3) is 0 Å². The third kappa shape index (κ3) is 3.32. The maximum atomic E-state index is 12.7. The molecule has 0 spiro atoms. The zero-order valence-electron chi connectivity index (χ0n) is 10.1. The molecule has 0 aliphatic heterocycles. The summed E-state index contributed by atoms with van der Waals surface area (Å²) in [5, 5.41) is 0. The number of imidazole rings is 1. The van der Waals surface area contributed by atoms with E-state index >= 15 is 0 Å². The Morgan fingerprint density at radius 1 is 1.14 bits per heavy atom. The van der Waals surface area contributed by atoms with Gasteiger partial charge in [-0.15, -0.1) is 0 Å². The highest BCUT2D eigenvalue weighted by Gasteiger charge is 2.58. The van der Waals surface area contributed by atoms with Crippen LogP contribution in [-0.2, 0) is 0 Å². The molecule has 7 nitrogen and oxygen atoms in total. The lowest BCUT2D eigenvalue weighted by molar-refractivity contribution is -0.290. The number of nitrogens with two attached hydrogens (primary N) is 1. The van der Waals surface area contributed by atoms with Crippen molar-refractivity contribution in [2.24, 2.45) is 0 Å². The number of hydrogen-bond acceptors (Lipinski definition) is 6. The Bertz CT molecular complexity index is 614. The van der Waals surface area contributed by atoms with E-state index in [1.807, 2.05) is 0 Å². The van der Waals surface area contributed by atoms with Gasteiger partial charge in [-0.2, -0.15) is 36.9 Å². The predicted molar refractivity (Wildman–Crippen MR) is 57.9 cm³/mol. The molecule has 0 saturated carbocycles. The molecule has 2 rings (SSSR count). The first-order chi connectivity index (χ1) is 9.69. The minimum absolute atomic E-state index is 0.134. The first-order valence-electron chi connectivity index (χ1n) is 5.26. The smallest absolute Gasteiger partial charge is 0.456 e. The van der Waals surface area contributed by atoms with Gasteiger partial charge in [0, 0.05) is 12.4 Å². The number of ether oxygens (including phenoxy) is 1. The summed E-state index contributed by atoms with van der Waals surface area (Å²) in [6, 6.07) is -0.755. The summed E-state index contributed by atoms with van der Waals surface area (Å²) < 4.78 is 67.0. The van der Waals surface area contributed by atoms with E-state index in [1.165, 1.54) is 23.3 Å². The largest absolute Gasteiger partial charge is 0.456 e. The van der Waals surface area contributed by atoms with Crippen molar-refractivity contribution in [3.05, 3.63) is 18.7 Å². The van der Waals surface area contributed by atoms with Crippen LogP contribution in [0, 0.1) is 0 Å². The molecule has 0 aliphatic carbocycles. The number of halogens is 5. The summed E-state index contributed by atoms with van der Waals surface area (Å²) in [6.07, 6.45) is -1.69. The van der Waals surface area contributed by atoms with Gasteiger partial charge in [-0.1, -0.05) is 0 Å². The van der Waals surface area contributed by atoms with Crippen LogP contribution in [0.5, 0.6) is 6.01 Å². The fourth-order valence-electron chi connectivity index (χ4n) is 1.16. The molecule has 0 amide bonds. The van der Waals surface area contributed by atoms with E-state index in [-0.39, 0.29) is 5.95 Å². The Labute approximate surface area is 113 Å². The molecule has 2 heterocycles. The van der Waals surface area contributed by atoms with E-state index in [2.05, 4.69) is 24.7 Å². The van der Waals surface area contributed by atoms with Gasteiger partial charge in [-0.05, 0) is 0 Å². The fraction of sp³-hybridized carbons (Fsp3) is 0.333. The van der Waals surface area contributed by atoms with Crippen molar-refractivity contribution in [2.45, 2.75) is 12.1 Å². The van der Waals surface area contributed by atoms with Crippen LogP contribution < -0.4 is 10.5 Å². The lowest BCUT2D eigenvalue weighted by Crippen LogP contribution is -2.42. The average molecular weight is 310 g/mol. The van der Waals surface area contributed by atoms with Crippen molar-refractivity contribution < 1.29 is 26.7 Å². The maximum Gasteiger partial charge on any atom is 0.456 e. The second kappa shape index (κ2) is 5.10. The molecule has 2 N–H and O–H groups in total. The summed E-state index contributed by atoms with van der Waals surface area (Å²) in [7, 11) is 0. The van der Waals surface area contributed by atoms with Crippen LogP contribution >= 0.6 is 0 Å². The molecule has 0 unspecified atom stereocenters. The van der Waals surface area contributed by atoms with Crippen molar-refractivity contribution in [3.8, 4) is 12.0 Å². The predicted octanol–water partition coefficient (Wildman–Crippen LogP) is 1.22. The molecule has 0 radical (unpaired) electrons. The molecular weight excluding hydrogens is 303 g/mol. The summed E-state index contributed by atoms with van der Waals surface area (Å²) in [6.45, 7) is -1.97. The van der Waals surface area contributed by atoms with E-state index in [1.54, 1.807) is 0 Å². The van der Waals surface area contributed by atoms with Crippen molar-refractivity contribution >= 4 is 5.95 Å². The quantitative estimate of drug-likeness (QED) is 0.854. The van der Waals surface area contributed by atoms with Crippen LogP contribution in [0.2, 0.25) is 0 Å². The second-order valence-corrected chi connectivity index (χ2v) is 3.74. The average Bonchev–Trinajstić information content (AvgIpc) is 2.88. The lowest BCUT2D eigenvalue weighted by atomic mass is 10.3. The monoisotopic (exact) mass is 310 g/mol. The number of anilines is 1. The van der Waals surface area contributed by atoms with Gasteiger partial charge in [0.1, 0.15) is 6.33 Å². The molecule has 0 aromatic carbocycles. The van der Waals surface area contributed by atoms with Crippen LogP contribution in [0.15, 0.2) is 18.7 Å². The topological polar surface area (TPSA) is 91.7 Å². The van der Waals surface area contributed by atoms with Crippen LogP contribution in [0.4, 0.5) is 27.9 Å². The summed E-state index contributed by atoms with van der Waals surface area (Å²) in [4.78, 5) is 14.2. The minimum Gasteiger partial charge on any atom is -0.456 e. The Balaban J connectivity index is 2.18. The number of alkyl halides is 5. The standard InChI is InChI=1S/C9H7F5N6O/c10-8(11,9(12,13)14)3-21-7-18-5(15)17-6(19-7)20-2-1-16-4-20/h1-2,4H,3H2,(H2,15,17,18,19). The fourth-order valence-corrected chi connectivity index (χ4v) is 1.16. The first kappa shape index (κ1) is 14.9. The minimum atomic E-state index is -5.74. The van der Waals surface area contributed by atoms with Gasteiger partial charge < -0.3 is 10.5 Å². The van der Waals surface area contributed by atoms with Crippen LogP contribution in [0.1, 0.15) is 0 Å². The zero-order valence-corrected chi connectivity index (χ0v) is 10.1. The molecule has 12 heteroatoms. The number of nitrogens with zero attached hydrogens (tertiary/aromatic N) is 5. The van der Waals surface area contributed by atoms with E-state index in [4.69, 9.17) is 5.73 Å². The van der Waals surface area contributed by atoms with Crippen LogP contribution in [0.3, 0.4) is 0 Å². The van der Waals surface area contributed by atoms with Crippen LogP contribution in [0.25, 0.3) is 5.95 Å².